The summed E-state index contributed by atoms with van der Waals surface area (Å²) in [5, 5.41) is 2.75. The third kappa shape index (κ3) is 7.24. The number of nitrogens with zero attached hydrogens (tertiary/aromatic N) is 1. The fourth-order valence-corrected chi connectivity index (χ4v) is 4.78. The lowest BCUT2D eigenvalue weighted by atomic mass is 10.0. The van der Waals surface area contributed by atoms with Gasteiger partial charge in [-0.15, -0.1) is 11.8 Å². The number of rotatable bonds is 10. The summed E-state index contributed by atoms with van der Waals surface area (Å²) in [5.74, 6) is 0.854. The maximum absolute atomic E-state index is 13.4. The van der Waals surface area contributed by atoms with Crippen molar-refractivity contribution in [1.29, 1.82) is 0 Å². The molecule has 0 radical (unpaired) electrons. The van der Waals surface area contributed by atoms with Crippen molar-refractivity contribution < 1.29 is 9.59 Å². The van der Waals surface area contributed by atoms with Crippen LogP contribution >= 0.6 is 27.7 Å². The van der Waals surface area contributed by atoms with Crippen LogP contribution in [0.2, 0.25) is 0 Å². The van der Waals surface area contributed by atoms with Gasteiger partial charge in [0.2, 0.25) is 11.8 Å². The molecule has 6 heteroatoms. The highest BCUT2D eigenvalue weighted by Gasteiger charge is 2.29. The van der Waals surface area contributed by atoms with E-state index in [-0.39, 0.29) is 11.8 Å². The molecule has 0 bridgehead atoms. The summed E-state index contributed by atoms with van der Waals surface area (Å²) < 4.78 is 0.945. The summed E-state index contributed by atoms with van der Waals surface area (Å²) in [7, 11) is 1.62. The molecule has 166 valence electrons. The number of hydrogen-bond donors (Lipinski definition) is 1. The molecule has 0 saturated carbocycles. The van der Waals surface area contributed by atoms with Gasteiger partial charge in [0.1, 0.15) is 6.04 Å². The summed E-state index contributed by atoms with van der Waals surface area (Å²) in [5.41, 5.74) is 3.17. The Hall–Kier alpha value is -2.57. The van der Waals surface area contributed by atoms with Crippen LogP contribution in [0.3, 0.4) is 0 Å². The molecule has 1 unspecified atom stereocenters. The van der Waals surface area contributed by atoms with Crippen molar-refractivity contribution in [3.05, 3.63) is 106 Å². The summed E-state index contributed by atoms with van der Waals surface area (Å²) in [6, 6.07) is 27.2. The van der Waals surface area contributed by atoms with Crippen molar-refractivity contribution in [1.82, 2.24) is 10.2 Å². The second-order valence-corrected chi connectivity index (χ2v) is 9.35. The molecule has 0 heterocycles. The van der Waals surface area contributed by atoms with E-state index < -0.39 is 6.04 Å². The van der Waals surface area contributed by atoms with E-state index in [9.17, 15) is 9.59 Å². The van der Waals surface area contributed by atoms with Crippen LogP contribution in [0.25, 0.3) is 0 Å². The van der Waals surface area contributed by atoms with Gasteiger partial charge in [-0.1, -0.05) is 88.7 Å². The molecule has 0 fully saturated rings. The van der Waals surface area contributed by atoms with Gasteiger partial charge in [0.05, 0.1) is 5.75 Å². The molecule has 0 spiro atoms. The molecule has 32 heavy (non-hydrogen) atoms. The Morgan fingerprint density at radius 2 is 1.53 bits per heavy atom. The van der Waals surface area contributed by atoms with Gasteiger partial charge < -0.3 is 10.2 Å². The van der Waals surface area contributed by atoms with Gasteiger partial charge in [-0.2, -0.15) is 0 Å². The molecule has 3 rings (SSSR count). The quantitative estimate of drug-likeness (QED) is 0.414. The third-order valence-electron chi connectivity index (χ3n) is 5.10. The van der Waals surface area contributed by atoms with Crippen LogP contribution in [0.15, 0.2) is 89.4 Å². The second-order valence-electron chi connectivity index (χ2n) is 7.45. The van der Waals surface area contributed by atoms with Crippen molar-refractivity contribution >= 4 is 39.5 Å². The van der Waals surface area contributed by atoms with Crippen LogP contribution < -0.4 is 5.32 Å². The van der Waals surface area contributed by atoms with E-state index in [2.05, 4.69) is 33.4 Å². The van der Waals surface area contributed by atoms with Gasteiger partial charge in [-0.05, 0) is 28.8 Å². The van der Waals surface area contributed by atoms with Crippen molar-refractivity contribution in [2.75, 3.05) is 12.8 Å². The number of carbonyl (C=O) groups is 2. The van der Waals surface area contributed by atoms with Gasteiger partial charge in [0, 0.05) is 30.2 Å². The first-order valence-electron chi connectivity index (χ1n) is 10.5. The molecule has 0 saturated heterocycles. The predicted molar refractivity (Wildman–Crippen MR) is 135 cm³/mol. The normalized spacial score (nSPS) is 11.6. The van der Waals surface area contributed by atoms with Gasteiger partial charge in [-0.3, -0.25) is 9.59 Å². The molecule has 2 amide bonds. The Bertz CT molecular complexity index is 1010. The first-order chi connectivity index (χ1) is 15.6. The van der Waals surface area contributed by atoms with E-state index in [0.29, 0.717) is 18.7 Å². The summed E-state index contributed by atoms with van der Waals surface area (Å²) in [6.07, 6.45) is 0.462. The second kappa shape index (κ2) is 12.5. The number of nitrogens with one attached hydrogen (secondary N) is 1. The number of carbonyl (C=O) groups excluding carboxylic acids is 2. The zero-order chi connectivity index (χ0) is 22.8. The molecular weight excluding hydrogens is 484 g/mol. The smallest absolute Gasteiger partial charge is 0.242 e. The SMILES string of the molecule is CNC(=O)C(Cc1ccccc1)N(Cc1cccc(Br)c1)C(=O)CSCc1ccccc1. The highest BCUT2D eigenvalue weighted by atomic mass is 79.9. The van der Waals surface area contributed by atoms with Crippen LogP contribution in [0.5, 0.6) is 0 Å². The average Bonchev–Trinajstić information content (AvgIpc) is 2.82. The van der Waals surface area contributed by atoms with E-state index >= 15 is 0 Å². The Balaban J connectivity index is 1.81. The van der Waals surface area contributed by atoms with Gasteiger partial charge in [0.15, 0.2) is 0 Å². The highest BCUT2D eigenvalue weighted by Crippen LogP contribution is 2.20. The Morgan fingerprint density at radius 3 is 2.16 bits per heavy atom. The molecule has 0 aromatic heterocycles. The van der Waals surface area contributed by atoms with Crippen LogP contribution in [0.4, 0.5) is 0 Å². The zero-order valence-electron chi connectivity index (χ0n) is 18.0. The van der Waals surface area contributed by atoms with Crippen molar-refractivity contribution in [2.24, 2.45) is 0 Å². The summed E-state index contributed by atoms with van der Waals surface area (Å²) in [4.78, 5) is 28.0. The minimum Gasteiger partial charge on any atom is -0.357 e. The van der Waals surface area contributed by atoms with Crippen LogP contribution in [0.1, 0.15) is 16.7 Å². The molecule has 3 aromatic rings. The number of likely N-dealkylation sites (N-methyl/N-ethyl adjacent to an activating group) is 1. The number of benzene rings is 3. The molecule has 1 N–H and O–H groups in total. The number of thioether (sulfide) groups is 1. The third-order valence-corrected chi connectivity index (χ3v) is 6.58. The number of amides is 2. The monoisotopic (exact) mass is 510 g/mol. The van der Waals surface area contributed by atoms with Crippen LogP contribution in [-0.2, 0) is 28.3 Å². The predicted octanol–water partition coefficient (Wildman–Crippen LogP) is 5.07. The lowest BCUT2D eigenvalue weighted by Crippen LogP contribution is -2.50. The van der Waals surface area contributed by atoms with Crippen LogP contribution in [-0.4, -0.2) is 35.6 Å². The van der Waals surface area contributed by atoms with Gasteiger partial charge >= 0.3 is 0 Å². The fraction of sp³-hybridized carbons (Fsp3) is 0.231. The molecule has 0 aliphatic carbocycles. The minimum absolute atomic E-state index is 0.0459. The summed E-state index contributed by atoms with van der Waals surface area (Å²) in [6.45, 7) is 0.370. The van der Waals surface area contributed by atoms with Gasteiger partial charge in [-0.25, -0.2) is 0 Å². The summed E-state index contributed by atoms with van der Waals surface area (Å²) >= 11 is 5.07. The first-order valence-corrected chi connectivity index (χ1v) is 12.4. The molecule has 4 nitrogen and oxygen atoms in total. The highest BCUT2D eigenvalue weighted by molar-refractivity contribution is 9.10. The zero-order valence-corrected chi connectivity index (χ0v) is 20.4. The van der Waals surface area contributed by atoms with Crippen molar-refractivity contribution in [3.63, 3.8) is 0 Å². The van der Waals surface area contributed by atoms with Crippen LogP contribution in [0, 0.1) is 0 Å². The standard InChI is InChI=1S/C26H27BrN2O2S/c1-28-26(31)24(16-20-9-4-2-5-10-20)29(17-22-13-8-14-23(27)15-22)25(30)19-32-18-21-11-6-3-7-12-21/h2-15,24H,16-19H2,1H3,(H,28,31). The molecule has 1 atom stereocenters. The first kappa shape index (κ1) is 24.1. The Labute approximate surface area is 202 Å². The van der Waals surface area contributed by atoms with Crippen molar-refractivity contribution in [3.8, 4) is 0 Å². The Kier molecular flexibility index (Phi) is 9.38. The van der Waals surface area contributed by atoms with E-state index in [0.717, 1.165) is 21.4 Å². The average molecular weight is 511 g/mol. The van der Waals surface area contributed by atoms with Gasteiger partial charge in [0.25, 0.3) is 0 Å². The maximum atomic E-state index is 13.4. The molecule has 0 aliphatic rings. The number of halogens is 1. The minimum atomic E-state index is -0.591. The fourth-order valence-electron chi connectivity index (χ4n) is 3.47. The topological polar surface area (TPSA) is 49.4 Å². The molecular formula is C26H27BrN2O2S. The maximum Gasteiger partial charge on any atom is 0.242 e. The molecule has 3 aromatic carbocycles. The van der Waals surface area contributed by atoms with E-state index in [4.69, 9.17) is 0 Å². The van der Waals surface area contributed by atoms with E-state index in [1.54, 1.807) is 23.7 Å². The Morgan fingerprint density at radius 1 is 0.906 bits per heavy atom. The molecule has 0 aliphatic heterocycles. The van der Waals surface area contributed by atoms with Crippen molar-refractivity contribution in [2.45, 2.75) is 24.8 Å². The largest absolute Gasteiger partial charge is 0.357 e. The lowest BCUT2D eigenvalue weighted by Gasteiger charge is -2.31. The van der Waals surface area contributed by atoms with E-state index in [1.807, 2.05) is 72.8 Å². The van der Waals surface area contributed by atoms with E-state index in [1.165, 1.54) is 5.56 Å². The lowest BCUT2D eigenvalue weighted by molar-refractivity contribution is -0.139. The number of hydrogen-bond acceptors (Lipinski definition) is 3.